The summed E-state index contributed by atoms with van der Waals surface area (Å²) in [5, 5.41) is 0. The van der Waals surface area contributed by atoms with E-state index in [-0.39, 0.29) is 11.3 Å². The van der Waals surface area contributed by atoms with E-state index in [1.165, 1.54) is 0 Å². The van der Waals surface area contributed by atoms with Gasteiger partial charge < -0.3 is 4.90 Å². The molecule has 0 aromatic rings. The van der Waals surface area contributed by atoms with Gasteiger partial charge in [0.15, 0.2) is 0 Å². The van der Waals surface area contributed by atoms with Crippen LogP contribution in [0.15, 0.2) is 0 Å². The van der Waals surface area contributed by atoms with Crippen molar-refractivity contribution >= 4 is 21.8 Å². The van der Waals surface area contributed by atoms with Gasteiger partial charge in [-0.15, -0.1) is 0 Å². The molecule has 13 heavy (non-hydrogen) atoms. The number of amides is 1. The lowest BCUT2D eigenvalue weighted by atomic mass is 10.1. The summed E-state index contributed by atoms with van der Waals surface area (Å²) in [6, 6.07) is 0. The third-order valence-electron chi connectivity index (χ3n) is 2.71. The number of alkyl halides is 1. The Bertz CT molecular complexity index is 213. The monoisotopic (exact) mass is 247 g/mol. The molecule has 1 aliphatic carbocycles. The molecule has 1 rings (SSSR count). The van der Waals surface area contributed by atoms with E-state index in [1.54, 1.807) is 0 Å². The van der Waals surface area contributed by atoms with Gasteiger partial charge in [0.1, 0.15) is 0 Å². The van der Waals surface area contributed by atoms with Gasteiger partial charge in [0.05, 0.1) is 0 Å². The number of hydrogen-bond donors (Lipinski definition) is 0. The zero-order chi connectivity index (χ0) is 10.2. The molecule has 1 saturated carbocycles. The second-order valence-electron chi connectivity index (χ2n) is 4.74. The lowest BCUT2D eigenvalue weighted by molar-refractivity contribution is -0.131. The van der Waals surface area contributed by atoms with Crippen molar-refractivity contribution in [1.82, 2.24) is 4.90 Å². The highest BCUT2D eigenvalue weighted by atomic mass is 79.9. The van der Waals surface area contributed by atoms with E-state index < -0.39 is 0 Å². The number of carbonyl (C=O) groups is 1. The molecule has 0 heterocycles. The Hall–Kier alpha value is -0.0500. The van der Waals surface area contributed by atoms with E-state index in [9.17, 15) is 4.79 Å². The smallest absolute Gasteiger partial charge is 0.226 e. The Morgan fingerprint density at radius 1 is 1.69 bits per heavy atom. The first-order valence-corrected chi connectivity index (χ1v) is 5.65. The molecule has 2 nitrogen and oxygen atoms in total. The Balaban J connectivity index is 2.41. The van der Waals surface area contributed by atoms with Crippen molar-refractivity contribution in [3.05, 3.63) is 0 Å². The average Bonchev–Trinajstić information content (AvgIpc) is 2.57. The fourth-order valence-electron chi connectivity index (χ4n) is 1.62. The molecule has 2 atom stereocenters. The molecule has 76 valence electrons. The average molecular weight is 248 g/mol. The highest BCUT2D eigenvalue weighted by molar-refractivity contribution is 9.09. The van der Waals surface area contributed by atoms with Crippen LogP contribution in [-0.4, -0.2) is 29.2 Å². The van der Waals surface area contributed by atoms with Crippen LogP contribution in [0.1, 0.15) is 27.2 Å². The molecule has 1 fully saturated rings. The number of nitrogens with zero attached hydrogens (tertiary/aromatic N) is 1. The standard InChI is InChI=1S/C10H18BrNO/c1-7(11)6-12(4)9(13)8-5-10(8,2)3/h7-8H,5-6H2,1-4H3. The van der Waals surface area contributed by atoms with E-state index in [0.717, 1.165) is 13.0 Å². The third kappa shape index (κ3) is 2.70. The van der Waals surface area contributed by atoms with Crippen LogP contribution in [0, 0.1) is 11.3 Å². The Labute approximate surface area is 88.8 Å². The van der Waals surface area contributed by atoms with Crippen molar-refractivity contribution in [3.8, 4) is 0 Å². The zero-order valence-corrected chi connectivity index (χ0v) is 10.4. The van der Waals surface area contributed by atoms with Crippen LogP contribution in [0.2, 0.25) is 0 Å². The molecule has 0 aromatic carbocycles. The fourth-order valence-corrected chi connectivity index (χ4v) is 2.06. The van der Waals surface area contributed by atoms with Crippen LogP contribution < -0.4 is 0 Å². The molecule has 1 aliphatic rings. The third-order valence-corrected chi connectivity index (χ3v) is 3.00. The molecular formula is C10H18BrNO. The summed E-state index contributed by atoms with van der Waals surface area (Å²) in [4.78, 5) is 14.0. The minimum atomic E-state index is 0.251. The summed E-state index contributed by atoms with van der Waals surface area (Å²) < 4.78 is 0. The molecule has 0 N–H and O–H groups in total. The van der Waals surface area contributed by atoms with Crippen molar-refractivity contribution in [1.29, 1.82) is 0 Å². The number of carbonyl (C=O) groups excluding carboxylic acids is 1. The van der Waals surface area contributed by atoms with Crippen molar-refractivity contribution in [2.75, 3.05) is 13.6 Å². The summed E-state index contributed by atoms with van der Waals surface area (Å²) in [5.74, 6) is 0.569. The molecule has 0 aliphatic heterocycles. The van der Waals surface area contributed by atoms with Gasteiger partial charge in [-0.25, -0.2) is 0 Å². The predicted molar refractivity (Wildman–Crippen MR) is 57.9 cm³/mol. The summed E-state index contributed by atoms with van der Waals surface area (Å²) in [5.41, 5.74) is 0.251. The second-order valence-corrected chi connectivity index (χ2v) is 6.31. The van der Waals surface area contributed by atoms with Crippen molar-refractivity contribution in [2.45, 2.75) is 32.0 Å². The van der Waals surface area contributed by atoms with Crippen molar-refractivity contribution in [2.24, 2.45) is 11.3 Å². The number of hydrogen-bond acceptors (Lipinski definition) is 1. The lowest BCUT2D eigenvalue weighted by Crippen LogP contribution is -2.33. The topological polar surface area (TPSA) is 20.3 Å². The quantitative estimate of drug-likeness (QED) is 0.701. The first-order chi connectivity index (χ1) is 5.84. The first kappa shape index (κ1) is 11.0. The Kier molecular flexibility index (Phi) is 3.05. The Morgan fingerprint density at radius 2 is 2.15 bits per heavy atom. The molecule has 1 amide bonds. The Morgan fingerprint density at radius 3 is 2.46 bits per heavy atom. The molecule has 2 unspecified atom stereocenters. The van der Waals surface area contributed by atoms with Crippen molar-refractivity contribution < 1.29 is 4.79 Å². The van der Waals surface area contributed by atoms with Crippen LogP contribution in [0.5, 0.6) is 0 Å². The van der Waals surface area contributed by atoms with E-state index in [4.69, 9.17) is 0 Å². The SMILES string of the molecule is CC(Br)CN(C)C(=O)C1CC1(C)C. The van der Waals surface area contributed by atoms with Crippen LogP contribution >= 0.6 is 15.9 Å². The summed E-state index contributed by atoms with van der Waals surface area (Å²) in [7, 11) is 1.88. The normalized spacial score (nSPS) is 26.7. The summed E-state index contributed by atoms with van der Waals surface area (Å²) in [6.07, 6.45) is 1.05. The molecule has 3 heteroatoms. The number of rotatable bonds is 3. The maximum Gasteiger partial charge on any atom is 0.226 e. The van der Waals surface area contributed by atoms with Gasteiger partial charge >= 0.3 is 0 Å². The highest BCUT2D eigenvalue weighted by Crippen LogP contribution is 2.52. The molecule has 0 radical (unpaired) electrons. The van der Waals surface area contributed by atoms with E-state index in [1.807, 2.05) is 11.9 Å². The van der Waals surface area contributed by atoms with Gasteiger partial charge in [-0.1, -0.05) is 36.7 Å². The minimum absolute atomic E-state index is 0.251. The van der Waals surface area contributed by atoms with Crippen LogP contribution in [0.4, 0.5) is 0 Å². The molecule has 0 saturated heterocycles. The summed E-state index contributed by atoms with van der Waals surface area (Å²) in [6.45, 7) is 7.16. The van der Waals surface area contributed by atoms with Crippen LogP contribution in [0.3, 0.4) is 0 Å². The highest BCUT2D eigenvalue weighted by Gasteiger charge is 2.51. The fraction of sp³-hybridized carbons (Fsp3) is 0.900. The predicted octanol–water partition coefficient (Wildman–Crippen LogP) is 2.27. The summed E-state index contributed by atoms with van der Waals surface area (Å²) >= 11 is 3.45. The molecule has 0 aromatic heterocycles. The van der Waals surface area contributed by atoms with Gasteiger partial charge in [0.2, 0.25) is 5.91 Å². The van der Waals surface area contributed by atoms with Gasteiger partial charge in [-0.05, 0) is 11.8 Å². The first-order valence-electron chi connectivity index (χ1n) is 4.73. The van der Waals surface area contributed by atoms with Gasteiger partial charge in [-0.3, -0.25) is 4.79 Å². The maximum absolute atomic E-state index is 11.8. The molecule has 0 bridgehead atoms. The van der Waals surface area contributed by atoms with E-state index in [0.29, 0.717) is 10.7 Å². The van der Waals surface area contributed by atoms with E-state index >= 15 is 0 Å². The molecule has 0 spiro atoms. The van der Waals surface area contributed by atoms with E-state index in [2.05, 4.69) is 36.7 Å². The van der Waals surface area contributed by atoms with Crippen LogP contribution in [-0.2, 0) is 4.79 Å². The van der Waals surface area contributed by atoms with Gasteiger partial charge in [0.25, 0.3) is 0 Å². The van der Waals surface area contributed by atoms with Gasteiger partial charge in [-0.2, -0.15) is 0 Å². The maximum atomic E-state index is 11.8. The molecular weight excluding hydrogens is 230 g/mol. The number of halogens is 1. The minimum Gasteiger partial charge on any atom is -0.344 e. The van der Waals surface area contributed by atoms with Crippen LogP contribution in [0.25, 0.3) is 0 Å². The second kappa shape index (κ2) is 3.60. The zero-order valence-electron chi connectivity index (χ0n) is 8.80. The van der Waals surface area contributed by atoms with Gasteiger partial charge in [0, 0.05) is 24.3 Å². The largest absolute Gasteiger partial charge is 0.344 e. The lowest BCUT2D eigenvalue weighted by Gasteiger charge is -2.19. The van der Waals surface area contributed by atoms with Crippen molar-refractivity contribution in [3.63, 3.8) is 0 Å².